The fraction of sp³-hybridized carbons (Fsp3) is 0.938. The van der Waals surface area contributed by atoms with E-state index < -0.39 is 5.54 Å². The Morgan fingerprint density at radius 2 is 2.00 bits per heavy atom. The lowest BCUT2D eigenvalue weighted by Gasteiger charge is -2.38. The molecule has 0 aromatic rings. The van der Waals surface area contributed by atoms with Gasteiger partial charge in [-0.1, -0.05) is 20.8 Å². The van der Waals surface area contributed by atoms with E-state index in [-0.39, 0.29) is 5.91 Å². The van der Waals surface area contributed by atoms with Gasteiger partial charge >= 0.3 is 0 Å². The molecule has 0 aliphatic heterocycles. The quantitative estimate of drug-likeness (QED) is 0.644. The van der Waals surface area contributed by atoms with Gasteiger partial charge in [-0.25, -0.2) is 0 Å². The van der Waals surface area contributed by atoms with Crippen molar-refractivity contribution in [2.45, 2.75) is 65.0 Å². The predicted octanol–water partition coefficient (Wildman–Crippen LogP) is 1.99. The van der Waals surface area contributed by atoms with E-state index in [4.69, 9.17) is 5.73 Å². The number of nitrogens with zero attached hydrogens (tertiary/aromatic N) is 1. The third-order valence-electron chi connectivity index (χ3n) is 4.47. The smallest absolute Gasteiger partial charge is 0.239 e. The second-order valence-electron chi connectivity index (χ2n) is 6.93. The summed E-state index contributed by atoms with van der Waals surface area (Å²) < 4.78 is 0. The summed E-state index contributed by atoms with van der Waals surface area (Å²) in [5.41, 5.74) is 5.24. The van der Waals surface area contributed by atoms with E-state index in [1.165, 1.54) is 0 Å². The number of nitrogens with two attached hydrogens (primary N) is 1. The molecule has 0 aromatic heterocycles. The molecule has 20 heavy (non-hydrogen) atoms. The zero-order valence-electron chi connectivity index (χ0n) is 13.9. The van der Waals surface area contributed by atoms with Crippen LogP contribution >= 0.6 is 0 Å². The first-order valence-corrected chi connectivity index (χ1v) is 8.08. The monoisotopic (exact) mass is 283 g/mol. The summed E-state index contributed by atoms with van der Waals surface area (Å²) in [5, 5.41) is 3.47. The van der Waals surface area contributed by atoms with E-state index >= 15 is 0 Å². The number of rotatable bonds is 10. The number of primary amides is 1. The van der Waals surface area contributed by atoms with Gasteiger partial charge in [0.1, 0.15) is 5.54 Å². The standard InChI is InChI=1S/C16H33N3O/c1-6-9-18-16(15(17)20,14-7-8-14)11-19(5)13(4)10-12(2)3/h12-14,18H,6-11H2,1-5H3,(H2,17,20). The maximum atomic E-state index is 12.1. The highest BCUT2D eigenvalue weighted by Gasteiger charge is 2.50. The Kier molecular flexibility index (Phi) is 6.46. The molecule has 0 radical (unpaired) electrons. The second kappa shape index (κ2) is 7.41. The topological polar surface area (TPSA) is 58.4 Å². The molecule has 4 nitrogen and oxygen atoms in total. The summed E-state index contributed by atoms with van der Waals surface area (Å²) in [5.74, 6) is 0.900. The van der Waals surface area contributed by atoms with E-state index in [0.29, 0.717) is 17.9 Å². The van der Waals surface area contributed by atoms with E-state index in [1.807, 2.05) is 0 Å². The van der Waals surface area contributed by atoms with Gasteiger partial charge in [0.05, 0.1) is 0 Å². The third kappa shape index (κ3) is 4.45. The largest absolute Gasteiger partial charge is 0.368 e. The van der Waals surface area contributed by atoms with Crippen molar-refractivity contribution in [1.29, 1.82) is 0 Å². The van der Waals surface area contributed by atoms with Gasteiger partial charge in [0.2, 0.25) is 5.91 Å². The summed E-state index contributed by atoms with van der Waals surface area (Å²) in [6, 6.07) is 0.468. The SMILES string of the molecule is CCCNC(CN(C)C(C)CC(C)C)(C(N)=O)C1CC1. The molecule has 1 amide bonds. The molecule has 1 rings (SSSR count). The molecule has 0 spiro atoms. The van der Waals surface area contributed by atoms with Gasteiger partial charge in [-0.3, -0.25) is 4.79 Å². The number of amides is 1. The zero-order valence-corrected chi connectivity index (χ0v) is 13.9. The average Bonchev–Trinajstić information content (AvgIpc) is 3.17. The normalized spacial score (nSPS) is 20.1. The van der Waals surface area contributed by atoms with Crippen LogP contribution in [0.25, 0.3) is 0 Å². The first-order valence-electron chi connectivity index (χ1n) is 8.08. The fourth-order valence-electron chi connectivity index (χ4n) is 3.03. The Morgan fingerprint density at radius 3 is 2.40 bits per heavy atom. The molecule has 2 atom stereocenters. The summed E-state index contributed by atoms with van der Waals surface area (Å²) in [4.78, 5) is 14.4. The van der Waals surface area contributed by atoms with Crippen LogP contribution in [0.5, 0.6) is 0 Å². The second-order valence-corrected chi connectivity index (χ2v) is 6.93. The average molecular weight is 283 g/mol. The minimum absolute atomic E-state index is 0.183. The van der Waals surface area contributed by atoms with Crippen LogP contribution in [-0.2, 0) is 4.79 Å². The molecule has 2 unspecified atom stereocenters. The van der Waals surface area contributed by atoms with Crippen molar-refractivity contribution in [2.24, 2.45) is 17.6 Å². The van der Waals surface area contributed by atoms with Gasteiger partial charge in [-0.05, 0) is 58.0 Å². The molecule has 4 heteroatoms. The van der Waals surface area contributed by atoms with Crippen molar-refractivity contribution in [1.82, 2.24) is 10.2 Å². The lowest BCUT2D eigenvalue weighted by atomic mass is 9.90. The van der Waals surface area contributed by atoms with Crippen LogP contribution in [-0.4, -0.2) is 42.5 Å². The van der Waals surface area contributed by atoms with Crippen LogP contribution in [0.1, 0.15) is 53.4 Å². The van der Waals surface area contributed by atoms with Crippen LogP contribution in [0, 0.1) is 11.8 Å². The Hall–Kier alpha value is -0.610. The summed E-state index contributed by atoms with van der Waals surface area (Å²) in [6.45, 7) is 10.4. The zero-order chi connectivity index (χ0) is 15.3. The molecular weight excluding hydrogens is 250 g/mol. The highest BCUT2D eigenvalue weighted by molar-refractivity contribution is 5.86. The fourth-order valence-corrected chi connectivity index (χ4v) is 3.03. The van der Waals surface area contributed by atoms with E-state index in [2.05, 4.69) is 45.0 Å². The Morgan fingerprint density at radius 1 is 1.40 bits per heavy atom. The molecule has 1 aliphatic carbocycles. The molecular formula is C16H33N3O. The molecule has 0 bridgehead atoms. The Balaban J connectivity index is 2.75. The highest BCUT2D eigenvalue weighted by atomic mass is 16.1. The van der Waals surface area contributed by atoms with Crippen molar-refractivity contribution in [3.05, 3.63) is 0 Å². The van der Waals surface area contributed by atoms with E-state index in [1.54, 1.807) is 0 Å². The molecule has 118 valence electrons. The Bertz CT molecular complexity index is 315. The van der Waals surface area contributed by atoms with Crippen molar-refractivity contribution in [3.63, 3.8) is 0 Å². The van der Waals surface area contributed by atoms with Gasteiger partial charge in [0.25, 0.3) is 0 Å². The summed E-state index contributed by atoms with van der Waals surface area (Å²) in [6.07, 6.45) is 4.40. The van der Waals surface area contributed by atoms with Gasteiger partial charge in [0.15, 0.2) is 0 Å². The number of carbonyl (C=O) groups is 1. The molecule has 3 N–H and O–H groups in total. The molecule has 1 saturated carbocycles. The Labute approximate surface area is 124 Å². The highest BCUT2D eigenvalue weighted by Crippen LogP contribution is 2.40. The number of hydrogen-bond donors (Lipinski definition) is 2. The first-order chi connectivity index (χ1) is 9.33. The molecule has 0 saturated heterocycles. The van der Waals surface area contributed by atoms with Crippen LogP contribution < -0.4 is 11.1 Å². The van der Waals surface area contributed by atoms with Crippen molar-refractivity contribution in [3.8, 4) is 0 Å². The van der Waals surface area contributed by atoms with Crippen molar-refractivity contribution < 1.29 is 4.79 Å². The van der Waals surface area contributed by atoms with Gasteiger partial charge < -0.3 is 16.0 Å². The number of hydrogen-bond acceptors (Lipinski definition) is 3. The number of nitrogens with one attached hydrogen (secondary N) is 1. The van der Waals surface area contributed by atoms with Gasteiger partial charge in [-0.15, -0.1) is 0 Å². The number of likely N-dealkylation sites (N-methyl/N-ethyl adjacent to an activating group) is 1. The lowest BCUT2D eigenvalue weighted by molar-refractivity contribution is -0.126. The van der Waals surface area contributed by atoms with Gasteiger partial charge in [-0.2, -0.15) is 0 Å². The van der Waals surface area contributed by atoms with Crippen LogP contribution in [0.4, 0.5) is 0 Å². The molecule has 1 aliphatic rings. The summed E-state index contributed by atoms with van der Waals surface area (Å²) >= 11 is 0. The van der Waals surface area contributed by atoms with Crippen molar-refractivity contribution >= 4 is 5.91 Å². The molecule has 0 aromatic carbocycles. The van der Waals surface area contributed by atoms with E-state index in [9.17, 15) is 4.79 Å². The maximum absolute atomic E-state index is 12.1. The summed E-state index contributed by atoms with van der Waals surface area (Å²) in [7, 11) is 2.11. The van der Waals surface area contributed by atoms with Crippen molar-refractivity contribution in [2.75, 3.05) is 20.1 Å². The van der Waals surface area contributed by atoms with Crippen LogP contribution in [0.2, 0.25) is 0 Å². The first kappa shape index (κ1) is 17.4. The molecule has 1 fully saturated rings. The molecule has 0 heterocycles. The lowest BCUT2D eigenvalue weighted by Crippen LogP contribution is -2.63. The maximum Gasteiger partial charge on any atom is 0.239 e. The minimum Gasteiger partial charge on any atom is -0.368 e. The van der Waals surface area contributed by atoms with E-state index in [0.717, 1.165) is 38.8 Å². The van der Waals surface area contributed by atoms with Gasteiger partial charge in [0, 0.05) is 12.6 Å². The van der Waals surface area contributed by atoms with Crippen LogP contribution in [0.15, 0.2) is 0 Å². The predicted molar refractivity (Wildman–Crippen MR) is 84.5 cm³/mol. The minimum atomic E-state index is -0.532. The number of carbonyl (C=O) groups excluding carboxylic acids is 1. The van der Waals surface area contributed by atoms with Crippen LogP contribution in [0.3, 0.4) is 0 Å². The third-order valence-corrected chi connectivity index (χ3v) is 4.47.